The van der Waals surface area contributed by atoms with Gasteiger partial charge < -0.3 is 4.40 Å². The van der Waals surface area contributed by atoms with Crippen molar-refractivity contribution in [2.45, 2.75) is 38.3 Å². The maximum absolute atomic E-state index is 4.70. The Kier molecular flexibility index (Phi) is 4.18. The van der Waals surface area contributed by atoms with Crippen LogP contribution in [-0.2, 0) is 6.54 Å². The molecular weight excluding hydrogens is 302 g/mol. The number of pyridine rings is 1. The highest BCUT2D eigenvalue weighted by molar-refractivity contribution is 9.09. The average Bonchev–Trinajstić information content (AvgIpc) is 3.02. The van der Waals surface area contributed by atoms with Crippen LogP contribution in [0.2, 0.25) is 0 Å². The zero-order chi connectivity index (χ0) is 13.1. The number of nitrogens with zero attached hydrogens (tertiary/aromatic N) is 3. The molecule has 3 heterocycles. The summed E-state index contributed by atoms with van der Waals surface area (Å²) in [6.07, 6.45) is 9.49. The summed E-state index contributed by atoms with van der Waals surface area (Å²) in [5.41, 5.74) is 2.24. The van der Waals surface area contributed by atoms with Gasteiger partial charge in [-0.1, -0.05) is 22.0 Å². The van der Waals surface area contributed by atoms with Gasteiger partial charge in [-0.3, -0.25) is 4.90 Å². The summed E-state index contributed by atoms with van der Waals surface area (Å²) in [5.74, 6) is 0. The quantitative estimate of drug-likeness (QED) is 0.786. The zero-order valence-corrected chi connectivity index (χ0v) is 12.7. The second-order valence-electron chi connectivity index (χ2n) is 5.30. The molecule has 3 nitrogen and oxygen atoms in total. The summed E-state index contributed by atoms with van der Waals surface area (Å²) < 4.78 is 2.11. The molecule has 0 spiro atoms. The zero-order valence-electron chi connectivity index (χ0n) is 11.1. The van der Waals surface area contributed by atoms with E-state index < -0.39 is 0 Å². The summed E-state index contributed by atoms with van der Waals surface area (Å²) >= 11 is 3.53. The first-order valence-electron chi connectivity index (χ1n) is 7.09. The first-order chi connectivity index (χ1) is 9.36. The van der Waals surface area contributed by atoms with Crippen LogP contribution in [0.5, 0.6) is 0 Å². The molecule has 1 saturated heterocycles. The summed E-state index contributed by atoms with van der Waals surface area (Å²) in [5, 5.41) is 1.12. The van der Waals surface area contributed by atoms with E-state index in [1.54, 1.807) is 0 Å². The van der Waals surface area contributed by atoms with E-state index in [1.807, 2.05) is 12.1 Å². The summed E-state index contributed by atoms with van der Waals surface area (Å²) in [4.78, 5) is 7.30. The molecule has 3 rings (SSSR count). The molecule has 2 aromatic heterocycles. The highest BCUT2D eigenvalue weighted by Crippen LogP contribution is 2.23. The van der Waals surface area contributed by atoms with Gasteiger partial charge in [0.1, 0.15) is 5.65 Å². The number of rotatable bonds is 5. The van der Waals surface area contributed by atoms with Crippen LogP contribution in [0.1, 0.15) is 31.4 Å². The van der Waals surface area contributed by atoms with Crippen molar-refractivity contribution < 1.29 is 0 Å². The Bertz CT molecular complexity index is 504. The monoisotopic (exact) mass is 321 g/mol. The minimum Gasteiger partial charge on any atom is -0.307 e. The first-order valence-corrected chi connectivity index (χ1v) is 8.21. The third-order valence-electron chi connectivity index (χ3n) is 3.95. The third kappa shape index (κ3) is 3.00. The van der Waals surface area contributed by atoms with Crippen molar-refractivity contribution in [3.05, 3.63) is 36.3 Å². The molecule has 0 bridgehead atoms. The number of imidazole rings is 1. The Balaban J connectivity index is 1.69. The number of halogens is 1. The van der Waals surface area contributed by atoms with Crippen LogP contribution >= 0.6 is 15.9 Å². The van der Waals surface area contributed by atoms with Crippen molar-refractivity contribution in [2.24, 2.45) is 0 Å². The smallest absolute Gasteiger partial charge is 0.137 e. The lowest BCUT2D eigenvalue weighted by molar-refractivity contribution is 0.231. The Morgan fingerprint density at radius 1 is 1.37 bits per heavy atom. The molecule has 0 aliphatic carbocycles. The van der Waals surface area contributed by atoms with Crippen LogP contribution in [0.15, 0.2) is 30.6 Å². The van der Waals surface area contributed by atoms with Crippen molar-refractivity contribution in [2.75, 3.05) is 11.9 Å². The largest absolute Gasteiger partial charge is 0.307 e. The fraction of sp³-hybridized carbons (Fsp3) is 0.533. The Hall–Kier alpha value is -0.870. The van der Waals surface area contributed by atoms with Gasteiger partial charge in [0.15, 0.2) is 0 Å². The Morgan fingerprint density at radius 3 is 3.16 bits per heavy atom. The predicted molar refractivity (Wildman–Crippen MR) is 81.7 cm³/mol. The number of aromatic nitrogens is 2. The molecule has 0 saturated carbocycles. The van der Waals surface area contributed by atoms with Gasteiger partial charge in [-0.05, 0) is 44.4 Å². The number of alkyl halides is 1. The van der Waals surface area contributed by atoms with Crippen molar-refractivity contribution in [1.29, 1.82) is 0 Å². The van der Waals surface area contributed by atoms with Gasteiger partial charge in [0.25, 0.3) is 0 Å². The maximum atomic E-state index is 4.70. The number of fused-ring (bicyclic) bond motifs is 1. The standard InChI is InChI=1S/C15H20BrN3/c16-8-3-5-14-6-4-10-18(14)11-13-12-19-9-2-1-7-15(19)17-13/h1-2,7,9,12,14H,3-6,8,10-11H2. The van der Waals surface area contributed by atoms with Crippen molar-refractivity contribution in [1.82, 2.24) is 14.3 Å². The van der Waals surface area contributed by atoms with Gasteiger partial charge in [-0.15, -0.1) is 0 Å². The molecule has 0 aromatic carbocycles. The summed E-state index contributed by atoms with van der Waals surface area (Å²) in [6, 6.07) is 6.91. The van der Waals surface area contributed by atoms with E-state index >= 15 is 0 Å². The van der Waals surface area contributed by atoms with Crippen LogP contribution in [-0.4, -0.2) is 32.2 Å². The van der Waals surface area contributed by atoms with E-state index in [1.165, 1.54) is 37.9 Å². The summed E-state index contributed by atoms with van der Waals surface area (Å²) in [6.45, 7) is 2.22. The van der Waals surface area contributed by atoms with Gasteiger partial charge in [0.05, 0.1) is 5.69 Å². The Labute approximate surface area is 122 Å². The Morgan fingerprint density at radius 2 is 2.32 bits per heavy atom. The molecule has 1 aliphatic rings. The first kappa shape index (κ1) is 13.1. The molecule has 0 amide bonds. The van der Waals surface area contributed by atoms with Gasteiger partial charge in [0.2, 0.25) is 0 Å². The van der Waals surface area contributed by atoms with Crippen molar-refractivity contribution in [3.8, 4) is 0 Å². The fourth-order valence-electron chi connectivity index (χ4n) is 3.01. The lowest BCUT2D eigenvalue weighted by atomic mass is 10.1. The molecule has 0 N–H and O–H groups in total. The van der Waals surface area contributed by atoms with E-state index in [2.05, 4.69) is 43.7 Å². The lowest BCUT2D eigenvalue weighted by Crippen LogP contribution is -2.29. The minimum absolute atomic E-state index is 0.752. The third-order valence-corrected chi connectivity index (χ3v) is 4.51. The summed E-state index contributed by atoms with van der Waals surface area (Å²) in [7, 11) is 0. The molecule has 0 radical (unpaired) electrons. The predicted octanol–water partition coefficient (Wildman–Crippen LogP) is 3.47. The van der Waals surface area contributed by atoms with Gasteiger partial charge in [0, 0.05) is 30.3 Å². The molecule has 1 fully saturated rings. The van der Waals surface area contributed by atoms with E-state index in [9.17, 15) is 0 Å². The van der Waals surface area contributed by atoms with Crippen LogP contribution < -0.4 is 0 Å². The van der Waals surface area contributed by atoms with Crippen LogP contribution in [0, 0.1) is 0 Å². The van der Waals surface area contributed by atoms with E-state index in [4.69, 9.17) is 4.98 Å². The highest BCUT2D eigenvalue weighted by atomic mass is 79.9. The van der Waals surface area contributed by atoms with Gasteiger partial charge >= 0.3 is 0 Å². The molecule has 2 aromatic rings. The van der Waals surface area contributed by atoms with E-state index in [-0.39, 0.29) is 0 Å². The average molecular weight is 322 g/mol. The normalized spacial score (nSPS) is 20.4. The second-order valence-corrected chi connectivity index (χ2v) is 6.09. The minimum atomic E-state index is 0.752. The van der Waals surface area contributed by atoms with Crippen LogP contribution in [0.3, 0.4) is 0 Å². The SMILES string of the molecule is BrCCCC1CCCN1Cc1cn2ccccc2n1. The molecule has 102 valence electrons. The molecule has 1 unspecified atom stereocenters. The second kappa shape index (κ2) is 6.06. The molecule has 19 heavy (non-hydrogen) atoms. The van der Waals surface area contributed by atoms with Gasteiger partial charge in [-0.25, -0.2) is 4.98 Å². The number of hydrogen-bond acceptors (Lipinski definition) is 2. The molecular formula is C15H20BrN3. The molecule has 1 aliphatic heterocycles. The van der Waals surface area contributed by atoms with Gasteiger partial charge in [-0.2, -0.15) is 0 Å². The molecule has 4 heteroatoms. The highest BCUT2D eigenvalue weighted by Gasteiger charge is 2.24. The maximum Gasteiger partial charge on any atom is 0.137 e. The fourth-order valence-corrected chi connectivity index (χ4v) is 3.34. The van der Waals surface area contributed by atoms with Crippen molar-refractivity contribution in [3.63, 3.8) is 0 Å². The molecule has 1 atom stereocenters. The van der Waals surface area contributed by atoms with Crippen LogP contribution in [0.4, 0.5) is 0 Å². The number of likely N-dealkylation sites (tertiary alicyclic amines) is 1. The van der Waals surface area contributed by atoms with Crippen LogP contribution in [0.25, 0.3) is 5.65 Å². The van der Waals surface area contributed by atoms with E-state index in [0.717, 1.165) is 23.6 Å². The number of hydrogen-bond donors (Lipinski definition) is 0. The van der Waals surface area contributed by atoms with E-state index in [0.29, 0.717) is 0 Å². The van der Waals surface area contributed by atoms with Crippen molar-refractivity contribution >= 4 is 21.6 Å². The topological polar surface area (TPSA) is 20.5 Å². The lowest BCUT2D eigenvalue weighted by Gasteiger charge is -2.23.